The van der Waals surface area contributed by atoms with Crippen LogP contribution in [0.3, 0.4) is 0 Å². The van der Waals surface area contributed by atoms with Gasteiger partial charge in [0.25, 0.3) is 5.91 Å². The van der Waals surface area contributed by atoms with E-state index >= 15 is 0 Å². The third-order valence-corrected chi connectivity index (χ3v) is 8.19. The molecule has 0 saturated carbocycles. The number of methoxy groups -OCH3 is 1. The van der Waals surface area contributed by atoms with E-state index < -0.39 is 17.8 Å². The van der Waals surface area contributed by atoms with Gasteiger partial charge < -0.3 is 9.84 Å². The third-order valence-electron chi connectivity index (χ3n) is 5.05. The van der Waals surface area contributed by atoms with Crippen molar-refractivity contribution in [2.24, 2.45) is 0 Å². The number of pyridine rings is 2. The average Bonchev–Trinajstić information content (AvgIpc) is 3.25. The van der Waals surface area contributed by atoms with E-state index in [2.05, 4.69) is 20.3 Å². The van der Waals surface area contributed by atoms with Gasteiger partial charge in [0.15, 0.2) is 5.13 Å². The molecule has 37 heavy (non-hydrogen) atoms. The number of halogens is 1. The maximum absolute atomic E-state index is 13.4. The lowest BCUT2D eigenvalue weighted by Gasteiger charge is -2.11. The second-order valence-corrected chi connectivity index (χ2v) is 11.2. The quantitative estimate of drug-likeness (QED) is 0.213. The number of hydrogen-bond acceptors (Lipinski definition) is 9. The number of anilines is 1. The molecule has 0 radical (unpaired) electrons. The minimum atomic E-state index is -1.02. The molecule has 0 aliphatic rings. The Hall–Kier alpha value is -3.12. The Morgan fingerprint density at radius 3 is 2.51 bits per heavy atom. The van der Waals surface area contributed by atoms with Crippen LogP contribution in [-0.4, -0.2) is 39.0 Å². The maximum atomic E-state index is 13.4. The molecule has 2 N–H and O–H groups in total. The molecule has 0 aliphatic heterocycles. The first-order valence-corrected chi connectivity index (χ1v) is 13.8. The first-order chi connectivity index (χ1) is 17.9. The molecule has 0 spiro atoms. The van der Waals surface area contributed by atoms with Crippen molar-refractivity contribution in [2.75, 3.05) is 12.4 Å². The fourth-order valence-electron chi connectivity index (χ4n) is 3.24. The molecule has 1 aromatic carbocycles. The van der Waals surface area contributed by atoms with E-state index in [1.807, 2.05) is 54.6 Å². The molecule has 3 heterocycles. The summed E-state index contributed by atoms with van der Waals surface area (Å²) in [6.07, 6.45) is 2.01. The Morgan fingerprint density at radius 2 is 1.86 bits per heavy atom. The number of aliphatic carboxylic acids is 1. The number of carbonyl (C=O) groups is 2. The highest BCUT2D eigenvalue weighted by atomic mass is 35.5. The Labute approximate surface area is 230 Å². The molecule has 190 valence electrons. The van der Waals surface area contributed by atoms with Gasteiger partial charge in [0.1, 0.15) is 31.7 Å². The molecule has 0 saturated heterocycles. The molecule has 4 aromatic rings. The molecule has 1 atom stereocenters. The Bertz CT molecular complexity index is 1400. The van der Waals surface area contributed by atoms with Crippen LogP contribution in [0.2, 0.25) is 4.34 Å². The van der Waals surface area contributed by atoms with Gasteiger partial charge >= 0.3 is 5.97 Å². The number of nitrogens with one attached hydrogen (secondary N) is 1. The van der Waals surface area contributed by atoms with Crippen molar-refractivity contribution in [2.45, 2.75) is 39.1 Å². The number of carboxylic acids is 1. The summed E-state index contributed by atoms with van der Waals surface area (Å²) in [6.45, 7) is 1.74. The van der Waals surface area contributed by atoms with Gasteiger partial charge in [0, 0.05) is 16.0 Å². The molecule has 0 bridgehead atoms. The van der Waals surface area contributed by atoms with Gasteiger partial charge in [0.2, 0.25) is 0 Å². The first-order valence-electron chi connectivity index (χ1n) is 11.0. The molecule has 0 aliphatic carbocycles. The van der Waals surface area contributed by atoms with Crippen LogP contribution in [0.25, 0.3) is 0 Å². The van der Waals surface area contributed by atoms with Gasteiger partial charge in [-0.25, -0.2) is 15.0 Å². The normalized spacial score (nSPS) is 11.6. The van der Waals surface area contributed by atoms with Crippen LogP contribution in [0.4, 0.5) is 5.13 Å². The maximum Gasteiger partial charge on any atom is 0.312 e. The van der Waals surface area contributed by atoms with Gasteiger partial charge in [-0.3, -0.25) is 14.9 Å². The van der Waals surface area contributed by atoms with Crippen LogP contribution >= 0.6 is 46.5 Å². The van der Waals surface area contributed by atoms with E-state index in [4.69, 9.17) is 16.3 Å². The van der Waals surface area contributed by atoms with Crippen molar-refractivity contribution < 1.29 is 19.4 Å². The fourth-order valence-corrected chi connectivity index (χ4v) is 6.03. The summed E-state index contributed by atoms with van der Waals surface area (Å²) in [4.78, 5) is 39.7. The first kappa shape index (κ1) is 26.9. The van der Waals surface area contributed by atoms with Crippen LogP contribution in [0, 0.1) is 0 Å². The van der Waals surface area contributed by atoms with Crippen LogP contribution in [0.1, 0.15) is 35.4 Å². The Morgan fingerprint density at radius 1 is 1.08 bits per heavy atom. The minimum Gasteiger partial charge on any atom is -0.497 e. The third kappa shape index (κ3) is 6.80. The molecule has 3 aromatic heterocycles. The number of ether oxygens (including phenoxy) is 1. The highest BCUT2D eigenvalue weighted by molar-refractivity contribution is 7.99. The second kappa shape index (κ2) is 12.4. The molecule has 1 unspecified atom stereocenters. The number of benzene rings is 1. The minimum absolute atomic E-state index is 0.194. The predicted octanol–water partition coefficient (Wildman–Crippen LogP) is 6.73. The molecule has 4 rings (SSSR count). The zero-order chi connectivity index (χ0) is 26.4. The van der Waals surface area contributed by atoms with Crippen molar-refractivity contribution >= 4 is 63.5 Å². The Balaban J connectivity index is 1.64. The van der Waals surface area contributed by atoms with Crippen LogP contribution in [0.15, 0.2) is 80.6 Å². The van der Waals surface area contributed by atoms with E-state index in [1.165, 1.54) is 23.5 Å². The molecular weight excluding hydrogens is 552 g/mol. The van der Waals surface area contributed by atoms with Gasteiger partial charge in [-0.2, -0.15) is 0 Å². The summed E-state index contributed by atoms with van der Waals surface area (Å²) in [6, 6.07) is 16.7. The van der Waals surface area contributed by atoms with Crippen molar-refractivity contribution in [3.8, 4) is 5.75 Å². The number of aromatic nitrogens is 3. The van der Waals surface area contributed by atoms with Gasteiger partial charge in [0.05, 0.1) is 12.8 Å². The van der Waals surface area contributed by atoms with E-state index in [9.17, 15) is 14.7 Å². The number of hydrogen-bond donors (Lipinski definition) is 2. The second-order valence-electron chi connectivity index (χ2n) is 7.48. The number of rotatable bonds is 10. The largest absolute Gasteiger partial charge is 0.497 e. The molecule has 8 nitrogen and oxygen atoms in total. The van der Waals surface area contributed by atoms with Crippen LogP contribution in [0.5, 0.6) is 5.75 Å². The summed E-state index contributed by atoms with van der Waals surface area (Å²) in [5.41, 5.74) is 0.428. The Kier molecular flexibility index (Phi) is 9.04. The standard InChI is InChI=1S/C25H21ClN4O4S3/c1-3-16(24(32)33)20-22(26)37-25(29-20)30-23(31)21-17(35-15-9-7-14(34-2)8-10-15)11-12-19(28-21)36-18-6-4-5-13-27-18/h4-13,16H,3H2,1-2H3,(H,32,33)(H,29,30,31). The van der Waals surface area contributed by atoms with Gasteiger partial charge in [-0.1, -0.05) is 59.5 Å². The average molecular weight is 573 g/mol. The van der Waals surface area contributed by atoms with Crippen LogP contribution < -0.4 is 10.1 Å². The number of carboxylic acid groups (broad SMARTS) is 1. The summed E-state index contributed by atoms with van der Waals surface area (Å²) in [7, 11) is 1.60. The zero-order valence-corrected chi connectivity index (χ0v) is 22.9. The lowest BCUT2D eigenvalue weighted by molar-refractivity contribution is -0.138. The van der Waals surface area contributed by atoms with Crippen molar-refractivity contribution in [1.29, 1.82) is 0 Å². The number of thiazole rings is 1. The fraction of sp³-hybridized carbons (Fsp3) is 0.160. The van der Waals surface area contributed by atoms with E-state index in [0.29, 0.717) is 16.3 Å². The SMILES string of the molecule is CCC(C(=O)O)c1nc(NC(=O)c2nc(Sc3ccccn3)ccc2Sc2ccc(OC)cc2)sc1Cl. The number of nitrogens with zero attached hydrogens (tertiary/aromatic N) is 3. The van der Waals surface area contributed by atoms with Crippen LogP contribution in [-0.2, 0) is 4.79 Å². The summed E-state index contributed by atoms with van der Waals surface area (Å²) < 4.78 is 5.45. The zero-order valence-electron chi connectivity index (χ0n) is 19.7. The van der Waals surface area contributed by atoms with E-state index in [1.54, 1.807) is 20.2 Å². The van der Waals surface area contributed by atoms with E-state index in [-0.39, 0.29) is 20.9 Å². The summed E-state index contributed by atoms with van der Waals surface area (Å²) >= 11 is 10.0. The van der Waals surface area contributed by atoms with Gasteiger partial charge in [-0.15, -0.1) is 0 Å². The monoisotopic (exact) mass is 572 g/mol. The smallest absolute Gasteiger partial charge is 0.312 e. The van der Waals surface area contributed by atoms with Crippen molar-refractivity contribution in [3.63, 3.8) is 0 Å². The lowest BCUT2D eigenvalue weighted by Crippen LogP contribution is -2.16. The highest BCUT2D eigenvalue weighted by Crippen LogP contribution is 2.36. The van der Waals surface area contributed by atoms with Crippen molar-refractivity contribution in [1.82, 2.24) is 15.0 Å². The summed E-state index contributed by atoms with van der Waals surface area (Å²) in [5, 5.41) is 13.8. The molecular formula is C25H21ClN4O4S3. The lowest BCUT2D eigenvalue weighted by atomic mass is 10.0. The number of carbonyl (C=O) groups excluding carboxylic acids is 1. The predicted molar refractivity (Wildman–Crippen MR) is 145 cm³/mol. The molecule has 0 fully saturated rings. The topological polar surface area (TPSA) is 114 Å². The number of amides is 1. The highest BCUT2D eigenvalue weighted by Gasteiger charge is 2.26. The summed E-state index contributed by atoms with van der Waals surface area (Å²) in [5.74, 6) is -1.64. The molecule has 1 amide bonds. The van der Waals surface area contributed by atoms with Crippen molar-refractivity contribution in [3.05, 3.63) is 76.5 Å². The molecule has 12 heteroatoms. The van der Waals surface area contributed by atoms with Gasteiger partial charge in [-0.05, 0) is 55.0 Å². The van der Waals surface area contributed by atoms with E-state index in [0.717, 1.165) is 27.0 Å².